The van der Waals surface area contributed by atoms with Crippen molar-refractivity contribution < 1.29 is 22.7 Å². The fourth-order valence-electron chi connectivity index (χ4n) is 2.79. The Morgan fingerprint density at radius 3 is 2.52 bits per heavy atom. The van der Waals surface area contributed by atoms with Crippen molar-refractivity contribution in [2.24, 2.45) is 0 Å². The summed E-state index contributed by atoms with van der Waals surface area (Å²) in [7, 11) is 0. The summed E-state index contributed by atoms with van der Waals surface area (Å²) >= 11 is 0. The molecule has 1 heterocycles. The predicted molar refractivity (Wildman–Crippen MR) is 96.5 cm³/mol. The van der Waals surface area contributed by atoms with Gasteiger partial charge in [-0.2, -0.15) is 13.2 Å². The van der Waals surface area contributed by atoms with Gasteiger partial charge in [0.25, 0.3) is 0 Å². The summed E-state index contributed by atoms with van der Waals surface area (Å²) in [5.41, 5.74) is 0.226. The fraction of sp³-hybridized carbons (Fsp3) is 0.200. The number of benzene rings is 2. The number of nitrogens with zero attached hydrogens (tertiary/aromatic N) is 1. The molecule has 0 atom stereocenters. The van der Waals surface area contributed by atoms with Gasteiger partial charge in [-0.05, 0) is 18.6 Å². The van der Waals surface area contributed by atoms with E-state index in [0.29, 0.717) is 6.54 Å². The molecule has 140 valence electrons. The molecule has 7 heteroatoms. The third-order valence-electron chi connectivity index (χ3n) is 4.01. The standard InChI is InChI=1S/C20H17F3N2O2/c1-2-27-19(26)15-12-25-18-14(9-6-10-16(18)20(21,22)23)17(15)24-11-13-7-4-3-5-8-13/h3-10,12H,2,11H2,1H3,(H,24,25). The lowest BCUT2D eigenvalue weighted by molar-refractivity contribution is -0.136. The first-order valence-corrected chi connectivity index (χ1v) is 8.35. The van der Waals surface area contributed by atoms with Crippen LogP contribution in [0.25, 0.3) is 10.9 Å². The predicted octanol–water partition coefficient (Wildman–Crippen LogP) is 5.04. The normalized spacial score (nSPS) is 11.4. The van der Waals surface area contributed by atoms with Gasteiger partial charge in [-0.3, -0.25) is 4.98 Å². The molecule has 0 fully saturated rings. The Balaban J connectivity index is 2.12. The van der Waals surface area contributed by atoms with E-state index in [0.717, 1.165) is 17.8 Å². The van der Waals surface area contributed by atoms with Gasteiger partial charge in [0, 0.05) is 18.1 Å². The topological polar surface area (TPSA) is 51.2 Å². The van der Waals surface area contributed by atoms with E-state index in [9.17, 15) is 18.0 Å². The van der Waals surface area contributed by atoms with Gasteiger partial charge < -0.3 is 10.1 Å². The van der Waals surface area contributed by atoms with Gasteiger partial charge >= 0.3 is 12.1 Å². The van der Waals surface area contributed by atoms with Gasteiger partial charge in [-0.15, -0.1) is 0 Å². The molecule has 3 aromatic rings. The van der Waals surface area contributed by atoms with Crippen LogP contribution in [0.2, 0.25) is 0 Å². The summed E-state index contributed by atoms with van der Waals surface area (Å²) in [6.45, 7) is 2.14. The lowest BCUT2D eigenvalue weighted by Crippen LogP contribution is -2.13. The van der Waals surface area contributed by atoms with Crippen LogP contribution in [-0.2, 0) is 17.5 Å². The quantitative estimate of drug-likeness (QED) is 0.636. The number of carbonyl (C=O) groups excluding carboxylic acids is 1. The van der Waals surface area contributed by atoms with Crippen molar-refractivity contribution in [1.29, 1.82) is 0 Å². The summed E-state index contributed by atoms with van der Waals surface area (Å²) < 4.78 is 45.0. The molecule has 0 radical (unpaired) electrons. The minimum absolute atomic E-state index is 0.0969. The largest absolute Gasteiger partial charge is 0.462 e. The van der Waals surface area contributed by atoms with Gasteiger partial charge in [-0.1, -0.05) is 42.5 Å². The molecular weight excluding hydrogens is 357 g/mol. The van der Waals surface area contributed by atoms with E-state index in [1.807, 2.05) is 30.3 Å². The Bertz CT molecular complexity index is 957. The molecule has 1 N–H and O–H groups in total. The van der Waals surface area contributed by atoms with Crippen molar-refractivity contribution in [3.63, 3.8) is 0 Å². The summed E-state index contributed by atoms with van der Waals surface area (Å²) in [4.78, 5) is 16.2. The molecule has 0 saturated heterocycles. The first-order chi connectivity index (χ1) is 12.9. The minimum Gasteiger partial charge on any atom is -0.462 e. The maximum atomic E-state index is 13.3. The second-order valence-corrected chi connectivity index (χ2v) is 5.81. The summed E-state index contributed by atoms with van der Waals surface area (Å²) in [5.74, 6) is -0.639. The number of anilines is 1. The molecular formula is C20H17F3N2O2. The van der Waals surface area contributed by atoms with Crippen LogP contribution in [0.4, 0.5) is 18.9 Å². The van der Waals surface area contributed by atoms with E-state index in [2.05, 4.69) is 10.3 Å². The van der Waals surface area contributed by atoms with Crippen molar-refractivity contribution in [3.8, 4) is 0 Å². The van der Waals surface area contributed by atoms with Gasteiger partial charge in [0.2, 0.25) is 0 Å². The zero-order valence-electron chi connectivity index (χ0n) is 14.5. The number of nitrogens with one attached hydrogen (secondary N) is 1. The molecule has 4 nitrogen and oxygen atoms in total. The third-order valence-corrected chi connectivity index (χ3v) is 4.01. The summed E-state index contributed by atoms with van der Waals surface area (Å²) in [5, 5.41) is 3.30. The van der Waals surface area contributed by atoms with Crippen molar-refractivity contribution in [1.82, 2.24) is 4.98 Å². The van der Waals surface area contributed by atoms with Crippen molar-refractivity contribution in [3.05, 3.63) is 71.4 Å². The molecule has 0 spiro atoms. The number of alkyl halides is 3. The minimum atomic E-state index is -4.55. The molecule has 3 rings (SSSR count). The molecule has 0 amide bonds. The van der Waals surface area contributed by atoms with Crippen LogP contribution in [-0.4, -0.2) is 17.6 Å². The molecule has 0 aliphatic heterocycles. The van der Waals surface area contributed by atoms with E-state index < -0.39 is 17.7 Å². The second kappa shape index (κ2) is 7.65. The molecule has 27 heavy (non-hydrogen) atoms. The zero-order chi connectivity index (χ0) is 19.4. The van der Waals surface area contributed by atoms with Crippen LogP contribution in [0, 0.1) is 0 Å². The monoisotopic (exact) mass is 374 g/mol. The number of para-hydroxylation sites is 1. The Morgan fingerprint density at radius 2 is 1.85 bits per heavy atom. The number of fused-ring (bicyclic) bond motifs is 1. The number of aromatic nitrogens is 1. The number of hydrogen-bond donors (Lipinski definition) is 1. The molecule has 0 bridgehead atoms. The number of ether oxygens (including phenoxy) is 1. The lowest BCUT2D eigenvalue weighted by Gasteiger charge is -2.16. The zero-order valence-corrected chi connectivity index (χ0v) is 14.5. The number of halogens is 3. The molecule has 0 saturated carbocycles. The van der Waals surface area contributed by atoms with Crippen molar-refractivity contribution in [2.75, 3.05) is 11.9 Å². The molecule has 0 aliphatic rings. The first-order valence-electron chi connectivity index (χ1n) is 8.35. The maximum Gasteiger partial charge on any atom is 0.418 e. The summed E-state index contributed by atoms with van der Waals surface area (Å²) in [6.07, 6.45) is -3.42. The average Bonchev–Trinajstić information content (AvgIpc) is 2.65. The molecule has 0 aliphatic carbocycles. The number of carbonyl (C=O) groups is 1. The Morgan fingerprint density at radius 1 is 1.11 bits per heavy atom. The number of hydrogen-bond acceptors (Lipinski definition) is 4. The van der Waals surface area contributed by atoms with E-state index in [1.165, 1.54) is 12.1 Å². The van der Waals surface area contributed by atoms with Gasteiger partial charge in [0.1, 0.15) is 5.56 Å². The number of pyridine rings is 1. The first kappa shape index (κ1) is 18.7. The van der Waals surface area contributed by atoms with Crippen LogP contribution in [0.5, 0.6) is 0 Å². The second-order valence-electron chi connectivity index (χ2n) is 5.81. The van der Waals surface area contributed by atoms with Crippen LogP contribution in [0.3, 0.4) is 0 Å². The Labute approximate surface area is 154 Å². The van der Waals surface area contributed by atoms with E-state index in [-0.39, 0.29) is 28.8 Å². The van der Waals surface area contributed by atoms with E-state index in [1.54, 1.807) is 6.92 Å². The average molecular weight is 374 g/mol. The fourth-order valence-corrected chi connectivity index (χ4v) is 2.79. The van der Waals surface area contributed by atoms with Crippen molar-refractivity contribution >= 4 is 22.6 Å². The maximum absolute atomic E-state index is 13.3. The Kier molecular flexibility index (Phi) is 5.30. The van der Waals surface area contributed by atoms with Crippen LogP contribution in [0.15, 0.2) is 54.7 Å². The highest BCUT2D eigenvalue weighted by atomic mass is 19.4. The van der Waals surface area contributed by atoms with Crippen molar-refractivity contribution in [2.45, 2.75) is 19.6 Å². The van der Waals surface area contributed by atoms with Gasteiger partial charge in [0.15, 0.2) is 0 Å². The molecule has 0 unspecified atom stereocenters. The highest BCUT2D eigenvalue weighted by Crippen LogP contribution is 2.37. The lowest BCUT2D eigenvalue weighted by atomic mass is 10.0. The highest BCUT2D eigenvalue weighted by Gasteiger charge is 2.34. The van der Waals surface area contributed by atoms with Gasteiger partial charge in [0.05, 0.1) is 23.4 Å². The molecule has 1 aromatic heterocycles. The van der Waals surface area contributed by atoms with E-state index >= 15 is 0 Å². The highest BCUT2D eigenvalue weighted by molar-refractivity contribution is 6.05. The Hall–Kier alpha value is -3.09. The summed E-state index contributed by atoms with van der Waals surface area (Å²) in [6, 6.07) is 13.1. The van der Waals surface area contributed by atoms with Crippen LogP contribution >= 0.6 is 0 Å². The molecule has 2 aromatic carbocycles. The smallest absolute Gasteiger partial charge is 0.418 e. The van der Waals surface area contributed by atoms with Crippen LogP contribution < -0.4 is 5.32 Å². The van der Waals surface area contributed by atoms with Gasteiger partial charge in [-0.25, -0.2) is 4.79 Å². The number of rotatable bonds is 5. The number of esters is 1. The van der Waals surface area contributed by atoms with E-state index in [4.69, 9.17) is 4.74 Å². The SMILES string of the molecule is CCOC(=O)c1cnc2c(C(F)(F)F)cccc2c1NCc1ccccc1. The third kappa shape index (κ3) is 4.02. The van der Waals surface area contributed by atoms with Crippen LogP contribution in [0.1, 0.15) is 28.4 Å².